The Balaban J connectivity index is 1.44. The predicted molar refractivity (Wildman–Crippen MR) is 89.3 cm³/mol. The number of hydrogen-bond acceptors (Lipinski definition) is 7. The van der Waals surface area contributed by atoms with Crippen LogP contribution in [0.5, 0.6) is 5.88 Å². The van der Waals surface area contributed by atoms with Gasteiger partial charge in [-0.3, -0.25) is 4.90 Å². The lowest BCUT2D eigenvalue weighted by Gasteiger charge is -2.17. The van der Waals surface area contributed by atoms with Gasteiger partial charge in [-0.2, -0.15) is 0 Å². The van der Waals surface area contributed by atoms with E-state index in [4.69, 9.17) is 14.0 Å². The molecule has 2 aliphatic heterocycles. The molecule has 25 heavy (non-hydrogen) atoms. The van der Waals surface area contributed by atoms with E-state index < -0.39 is 6.09 Å². The molecule has 4 rings (SSSR count). The second-order valence-electron chi connectivity index (χ2n) is 5.85. The molecule has 1 saturated heterocycles. The Morgan fingerprint density at radius 3 is 3.16 bits per heavy atom. The van der Waals surface area contributed by atoms with E-state index in [9.17, 15) is 4.79 Å². The van der Waals surface area contributed by atoms with Crippen molar-refractivity contribution in [2.75, 3.05) is 31.1 Å². The Morgan fingerprint density at radius 1 is 1.40 bits per heavy atom. The van der Waals surface area contributed by atoms with Gasteiger partial charge in [0.25, 0.3) is 5.88 Å². The summed E-state index contributed by atoms with van der Waals surface area (Å²) in [4.78, 5) is 18.0. The van der Waals surface area contributed by atoms with Gasteiger partial charge in [0.2, 0.25) is 0 Å². The van der Waals surface area contributed by atoms with Gasteiger partial charge in [0.1, 0.15) is 18.7 Å². The highest BCUT2D eigenvalue weighted by molar-refractivity contribution is 5.89. The number of nitrogens with zero attached hydrogens (tertiary/aromatic N) is 3. The van der Waals surface area contributed by atoms with Crippen LogP contribution in [0.25, 0.3) is 5.57 Å². The Bertz CT molecular complexity index is 775. The van der Waals surface area contributed by atoms with Gasteiger partial charge in [-0.05, 0) is 41.4 Å². The van der Waals surface area contributed by atoms with Crippen LogP contribution in [0, 0.1) is 0 Å². The highest BCUT2D eigenvalue weighted by atomic mass is 16.6. The average Bonchev–Trinajstić information content (AvgIpc) is 3.30. The zero-order valence-electron chi connectivity index (χ0n) is 13.6. The summed E-state index contributed by atoms with van der Waals surface area (Å²) in [6.45, 7) is 2.41. The number of nitrogens with one attached hydrogen (secondary N) is 1. The van der Waals surface area contributed by atoms with Crippen LogP contribution in [0.1, 0.15) is 12.0 Å². The molecular formula is C17H18N4O4. The molecule has 4 heterocycles. The predicted octanol–water partition coefficient (Wildman–Crippen LogP) is 1.85. The molecule has 0 spiro atoms. The Hall–Kier alpha value is -2.87. The molecule has 1 amide bonds. The number of aromatic nitrogens is 2. The zero-order chi connectivity index (χ0) is 17.1. The topological polar surface area (TPSA) is 89.7 Å². The molecule has 1 fully saturated rings. The van der Waals surface area contributed by atoms with Crippen molar-refractivity contribution in [1.29, 1.82) is 0 Å². The first kappa shape index (κ1) is 15.6. The van der Waals surface area contributed by atoms with Crippen molar-refractivity contribution in [3.05, 3.63) is 42.3 Å². The number of cyclic esters (lactones) is 1. The van der Waals surface area contributed by atoms with Crippen LogP contribution in [0.15, 0.2) is 41.3 Å². The number of anilines is 1. The summed E-state index contributed by atoms with van der Waals surface area (Å²) in [6, 6.07) is 5.50. The Morgan fingerprint density at radius 2 is 2.36 bits per heavy atom. The van der Waals surface area contributed by atoms with Crippen molar-refractivity contribution in [3.8, 4) is 5.88 Å². The molecule has 0 bridgehead atoms. The molecule has 8 heteroatoms. The van der Waals surface area contributed by atoms with Crippen molar-refractivity contribution in [1.82, 2.24) is 15.5 Å². The van der Waals surface area contributed by atoms with Crippen LogP contribution in [0.3, 0.4) is 0 Å². The minimum atomic E-state index is -0.419. The third-order valence-corrected chi connectivity index (χ3v) is 4.16. The number of carbonyl (C=O) groups excluding carboxylic acids is 1. The number of amides is 1. The third-order valence-electron chi connectivity index (χ3n) is 4.16. The first-order valence-corrected chi connectivity index (χ1v) is 8.17. The average molecular weight is 342 g/mol. The Kier molecular flexibility index (Phi) is 4.34. The van der Waals surface area contributed by atoms with Crippen LogP contribution in [-0.4, -0.2) is 48.6 Å². The molecule has 2 aromatic rings. The first-order chi connectivity index (χ1) is 12.3. The van der Waals surface area contributed by atoms with Crippen LogP contribution < -0.4 is 15.0 Å². The van der Waals surface area contributed by atoms with Crippen LogP contribution in [0.2, 0.25) is 0 Å². The van der Waals surface area contributed by atoms with E-state index in [1.807, 2.05) is 12.1 Å². The van der Waals surface area contributed by atoms with Gasteiger partial charge in [-0.25, -0.2) is 9.78 Å². The molecule has 130 valence electrons. The zero-order valence-corrected chi connectivity index (χ0v) is 13.6. The Labute approximate surface area is 144 Å². The largest absolute Gasteiger partial charge is 0.471 e. The maximum absolute atomic E-state index is 12.2. The van der Waals surface area contributed by atoms with E-state index in [0.717, 1.165) is 25.1 Å². The molecule has 2 aliphatic rings. The molecule has 0 unspecified atom stereocenters. The summed E-state index contributed by atoms with van der Waals surface area (Å²) < 4.78 is 15.5. The fourth-order valence-electron chi connectivity index (χ4n) is 2.90. The van der Waals surface area contributed by atoms with Gasteiger partial charge in [-0.15, -0.1) is 0 Å². The maximum atomic E-state index is 12.2. The van der Waals surface area contributed by atoms with E-state index >= 15 is 0 Å². The number of ether oxygens (including phenoxy) is 2. The summed E-state index contributed by atoms with van der Waals surface area (Å²) in [5.41, 5.74) is 2.35. The van der Waals surface area contributed by atoms with Gasteiger partial charge >= 0.3 is 6.09 Å². The van der Waals surface area contributed by atoms with Crippen LogP contribution >= 0.6 is 0 Å². The number of pyridine rings is 1. The fourth-order valence-corrected chi connectivity index (χ4v) is 2.90. The molecule has 2 aromatic heterocycles. The van der Waals surface area contributed by atoms with Crippen molar-refractivity contribution in [2.45, 2.75) is 12.5 Å². The lowest BCUT2D eigenvalue weighted by molar-refractivity contribution is 0.101. The standard InChI is InChI=1S/C17H18N4O4/c22-17-21(10-14(25-17)11-23-16-4-8-24-20-16)15-9-13(3-7-19-15)12-1-5-18-6-2-12/h1,3-4,7-9,14,18H,2,5-6,10-11H2/t14-/m1/s1. The SMILES string of the molecule is O=C1O[C@@H](COc2ccon2)CN1c1cc(C2=CCNCC2)ccn1. The second-order valence-corrected chi connectivity index (χ2v) is 5.85. The molecule has 0 aliphatic carbocycles. The van der Waals surface area contributed by atoms with E-state index in [2.05, 4.69) is 21.5 Å². The number of hydrogen-bond donors (Lipinski definition) is 1. The first-order valence-electron chi connectivity index (χ1n) is 8.17. The quantitative estimate of drug-likeness (QED) is 0.887. The monoisotopic (exact) mass is 342 g/mol. The third kappa shape index (κ3) is 3.48. The molecule has 0 aromatic carbocycles. The van der Waals surface area contributed by atoms with Crippen molar-refractivity contribution < 1.29 is 18.8 Å². The van der Waals surface area contributed by atoms with Gasteiger partial charge in [0.05, 0.1) is 6.54 Å². The maximum Gasteiger partial charge on any atom is 0.416 e. The van der Waals surface area contributed by atoms with E-state index in [1.54, 1.807) is 12.3 Å². The highest BCUT2D eigenvalue weighted by Gasteiger charge is 2.34. The normalized spacial score (nSPS) is 20.3. The minimum absolute atomic E-state index is 0.214. The van der Waals surface area contributed by atoms with E-state index in [-0.39, 0.29) is 12.7 Å². The van der Waals surface area contributed by atoms with Crippen molar-refractivity contribution in [3.63, 3.8) is 0 Å². The highest BCUT2D eigenvalue weighted by Crippen LogP contribution is 2.25. The van der Waals surface area contributed by atoms with Crippen LogP contribution in [0.4, 0.5) is 10.6 Å². The smallest absolute Gasteiger partial charge is 0.416 e. The van der Waals surface area contributed by atoms with Crippen LogP contribution in [-0.2, 0) is 4.74 Å². The lowest BCUT2D eigenvalue weighted by Crippen LogP contribution is -2.27. The summed E-state index contributed by atoms with van der Waals surface area (Å²) in [6.07, 6.45) is 5.47. The van der Waals surface area contributed by atoms with E-state index in [1.165, 1.54) is 16.7 Å². The minimum Gasteiger partial charge on any atom is -0.471 e. The molecular weight excluding hydrogens is 324 g/mol. The van der Waals surface area contributed by atoms with Crippen molar-refractivity contribution in [2.24, 2.45) is 0 Å². The summed E-state index contributed by atoms with van der Waals surface area (Å²) >= 11 is 0. The number of rotatable bonds is 5. The fraction of sp³-hybridized carbons (Fsp3) is 0.353. The molecule has 0 radical (unpaired) electrons. The summed E-state index contributed by atoms with van der Waals surface area (Å²) in [5.74, 6) is 0.957. The van der Waals surface area contributed by atoms with Gasteiger partial charge in [-0.1, -0.05) is 6.08 Å². The summed E-state index contributed by atoms with van der Waals surface area (Å²) in [5, 5.41) is 6.95. The molecule has 0 saturated carbocycles. The second kappa shape index (κ2) is 6.94. The van der Waals surface area contributed by atoms with Gasteiger partial charge in [0.15, 0.2) is 6.10 Å². The van der Waals surface area contributed by atoms with Gasteiger partial charge in [0, 0.05) is 18.8 Å². The molecule has 1 N–H and O–H groups in total. The summed E-state index contributed by atoms with van der Waals surface area (Å²) in [7, 11) is 0. The van der Waals surface area contributed by atoms with E-state index in [0.29, 0.717) is 18.2 Å². The molecule has 1 atom stereocenters. The van der Waals surface area contributed by atoms with Crippen molar-refractivity contribution >= 4 is 17.5 Å². The lowest BCUT2D eigenvalue weighted by atomic mass is 10.0. The number of carbonyl (C=O) groups is 1. The van der Waals surface area contributed by atoms with Gasteiger partial charge < -0.3 is 19.3 Å². The molecule has 8 nitrogen and oxygen atoms in total.